The summed E-state index contributed by atoms with van der Waals surface area (Å²) in [5.74, 6) is -0.528. The number of anilines is 1. The van der Waals surface area contributed by atoms with Crippen LogP contribution in [-0.2, 0) is 4.79 Å². The minimum absolute atomic E-state index is 0.218. The first-order chi connectivity index (χ1) is 12.9. The lowest BCUT2D eigenvalue weighted by atomic mass is 9.99. The number of amides is 1. The normalized spacial score (nSPS) is 19.8. The van der Waals surface area contributed by atoms with E-state index < -0.39 is 11.8 Å². The van der Waals surface area contributed by atoms with Crippen molar-refractivity contribution in [3.05, 3.63) is 54.3 Å². The molecule has 0 spiro atoms. The number of carbonyl (C=O) groups excluding carboxylic acids is 1. The number of rotatable bonds is 4. The number of Topliss-reactive ketones (excluding diaryl/α,β-unsaturated/α-hetero) is 1. The molecule has 0 aliphatic carbocycles. The summed E-state index contributed by atoms with van der Waals surface area (Å²) < 4.78 is 13.1. The van der Waals surface area contributed by atoms with Crippen LogP contribution < -0.4 is 10.2 Å². The van der Waals surface area contributed by atoms with Crippen molar-refractivity contribution in [1.29, 1.82) is 0 Å². The van der Waals surface area contributed by atoms with Gasteiger partial charge in [-0.2, -0.15) is 0 Å². The van der Waals surface area contributed by atoms with Crippen LogP contribution in [0.15, 0.2) is 48.5 Å². The summed E-state index contributed by atoms with van der Waals surface area (Å²) in [7, 11) is 1.60. The van der Waals surface area contributed by atoms with Crippen molar-refractivity contribution in [3.8, 4) is 11.1 Å². The molecule has 2 aromatic rings. The number of carboxylic acid groups (broad SMARTS) is 1. The van der Waals surface area contributed by atoms with Gasteiger partial charge in [0.1, 0.15) is 5.82 Å². The molecule has 1 amide bonds. The molecule has 1 aliphatic heterocycles. The zero-order valence-corrected chi connectivity index (χ0v) is 15.3. The van der Waals surface area contributed by atoms with Crippen LogP contribution in [0, 0.1) is 5.82 Å². The molecule has 142 valence electrons. The van der Waals surface area contributed by atoms with E-state index in [1.807, 2.05) is 29.2 Å². The van der Waals surface area contributed by atoms with Gasteiger partial charge in [-0.1, -0.05) is 24.3 Å². The van der Waals surface area contributed by atoms with E-state index in [2.05, 4.69) is 5.32 Å². The molecule has 7 heteroatoms. The largest absolute Gasteiger partial charge is 0.465 e. The average Bonchev–Trinajstić information content (AvgIpc) is 2.68. The smallest absolute Gasteiger partial charge is 0.409 e. The van der Waals surface area contributed by atoms with E-state index >= 15 is 0 Å². The van der Waals surface area contributed by atoms with E-state index in [4.69, 9.17) is 0 Å². The van der Waals surface area contributed by atoms with Gasteiger partial charge in [-0.15, -0.1) is 0 Å². The molecule has 1 atom stereocenters. The van der Waals surface area contributed by atoms with E-state index in [0.717, 1.165) is 16.8 Å². The van der Waals surface area contributed by atoms with Crippen LogP contribution in [0.1, 0.15) is 6.92 Å². The fraction of sp³-hybridized carbons (Fsp3) is 0.300. The number of ketones is 1. The lowest BCUT2D eigenvalue weighted by molar-refractivity contribution is -0.130. The second-order valence-electron chi connectivity index (χ2n) is 6.58. The van der Waals surface area contributed by atoms with E-state index in [1.54, 1.807) is 19.2 Å². The summed E-state index contributed by atoms with van der Waals surface area (Å²) in [5, 5.41) is 12.4. The first kappa shape index (κ1) is 18.8. The van der Waals surface area contributed by atoms with Crippen molar-refractivity contribution < 1.29 is 19.1 Å². The van der Waals surface area contributed by atoms with Crippen molar-refractivity contribution >= 4 is 17.6 Å². The highest BCUT2D eigenvalue weighted by molar-refractivity contribution is 5.90. The molecule has 1 saturated heterocycles. The molecule has 0 aromatic heterocycles. The number of nitrogens with zero attached hydrogens (tertiary/aromatic N) is 2. The standard InChI is InChI=1S/C20H22FN3O3/c1-14(25)20(22-2)13-23(11-12-24(20)19(26)27)18-9-5-16(6-10-18)15-3-7-17(21)8-4-15/h3-10,22H,11-13H2,1-2H3,(H,26,27). The topological polar surface area (TPSA) is 72.9 Å². The third-order valence-electron chi connectivity index (χ3n) is 5.11. The second kappa shape index (κ2) is 7.36. The number of carbonyl (C=O) groups is 2. The maximum atomic E-state index is 13.1. The number of halogens is 1. The fourth-order valence-corrected chi connectivity index (χ4v) is 3.53. The van der Waals surface area contributed by atoms with Gasteiger partial charge in [0.15, 0.2) is 11.4 Å². The Morgan fingerprint density at radius 1 is 1.04 bits per heavy atom. The van der Waals surface area contributed by atoms with Crippen LogP contribution in [0.25, 0.3) is 11.1 Å². The number of nitrogens with one attached hydrogen (secondary N) is 1. The number of hydrogen-bond acceptors (Lipinski definition) is 4. The molecule has 2 N–H and O–H groups in total. The van der Waals surface area contributed by atoms with Crippen molar-refractivity contribution in [1.82, 2.24) is 10.2 Å². The van der Waals surface area contributed by atoms with Crippen LogP contribution in [0.3, 0.4) is 0 Å². The Balaban J connectivity index is 1.85. The second-order valence-corrected chi connectivity index (χ2v) is 6.58. The van der Waals surface area contributed by atoms with Gasteiger partial charge >= 0.3 is 6.09 Å². The predicted molar refractivity (Wildman–Crippen MR) is 101 cm³/mol. The zero-order chi connectivity index (χ0) is 19.6. The molecule has 1 heterocycles. The average molecular weight is 371 g/mol. The van der Waals surface area contributed by atoms with Gasteiger partial charge in [0.05, 0.1) is 6.54 Å². The quantitative estimate of drug-likeness (QED) is 0.865. The van der Waals surface area contributed by atoms with Gasteiger partial charge in [0.25, 0.3) is 0 Å². The highest BCUT2D eigenvalue weighted by Gasteiger charge is 2.47. The third-order valence-corrected chi connectivity index (χ3v) is 5.11. The van der Waals surface area contributed by atoms with Crippen LogP contribution in [0.4, 0.5) is 14.9 Å². The fourth-order valence-electron chi connectivity index (χ4n) is 3.53. The molecular weight excluding hydrogens is 349 g/mol. The van der Waals surface area contributed by atoms with Gasteiger partial charge in [0.2, 0.25) is 0 Å². The molecule has 1 fully saturated rings. The summed E-state index contributed by atoms with van der Waals surface area (Å²) in [4.78, 5) is 27.0. The molecular formula is C20H22FN3O3. The van der Waals surface area contributed by atoms with Crippen LogP contribution in [-0.4, -0.2) is 54.2 Å². The van der Waals surface area contributed by atoms with E-state index in [9.17, 15) is 19.1 Å². The van der Waals surface area contributed by atoms with Gasteiger partial charge in [-0.05, 0) is 49.4 Å². The molecule has 0 bridgehead atoms. The van der Waals surface area contributed by atoms with Gasteiger partial charge < -0.3 is 10.0 Å². The predicted octanol–water partition coefficient (Wildman–Crippen LogP) is 2.80. The Kier molecular flexibility index (Phi) is 5.14. The van der Waals surface area contributed by atoms with E-state index in [1.165, 1.54) is 24.0 Å². The summed E-state index contributed by atoms with van der Waals surface area (Å²) in [6.07, 6.45) is -1.12. The Labute approximate surface area is 157 Å². The minimum Gasteiger partial charge on any atom is -0.465 e. The van der Waals surface area contributed by atoms with E-state index in [-0.39, 0.29) is 24.7 Å². The molecule has 3 rings (SSSR count). The minimum atomic E-state index is -1.28. The van der Waals surface area contributed by atoms with Crippen molar-refractivity contribution in [2.45, 2.75) is 12.6 Å². The molecule has 6 nitrogen and oxygen atoms in total. The molecule has 1 aliphatic rings. The van der Waals surface area contributed by atoms with Crippen molar-refractivity contribution in [2.75, 3.05) is 31.6 Å². The van der Waals surface area contributed by atoms with Crippen LogP contribution in [0.5, 0.6) is 0 Å². The monoisotopic (exact) mass is 371 g/mol. The Hall–Kier alpha value is -2.93. The summed E-state index contributed by atoms with van der Waals surface area (Å²) in [6.45, 7) is 2.32. The zero-order valence-electron chi connectivity index (χ0n) is 15.3. The van der Waals surface area contributed by atoms with Crippen LogP contribution >= 0.6 is 0 Å². The Bertz CT molecular complexity index is 839. The Morgan fingerprint density at radius 3 is 2.07 bits per heavy atom. The van der Waals surface area contributed by atoms with Gasteiger partial charge in [-0.25, -0.2) is 9.18 Å². The number of likely N-dealkylation sites (N-methyl/N-ethyl adjacent to an activating group) is 1. The maximum absolute atomic E-state index is 13.1. The van der Waals surface area contributed by atoms with E-state index in [0.29, 0.717) is 6.54 Å². The molecule has 0 radical (unpaired) electrons. The first-order valence-electron chi connectivity index (χ1n) is 8.69. The molecule has 1 unspecified atom stereocenters. The third kappa shape index (κ3) is 3.50. The van der Waals surface area contributed by atoms with Crippen LogP contribution in [0.2, 0.25) is 0 Å². The molecule has 0 saturated carbocycles. The lowest BCUT2D eigenvalue weighted by Crippen LogP contribution is -2.73. The number of piperazine rings is 1. The molecule has 2 aromatic carbocycles. The maximum Gasteiger partial charge on any atom is 0.409 e. The first-order valence-corrected chi connectivity index (χ1v) is 8.69. The Morgan fingerprint density at radius 2 is 1.59 bits per heavy atom. The highest BCUT2D eigenvalue weighted by atomic mass is 19.1. The lowest BCUT2D eigenvalue weighted by Gasteiger charge is -2.48. The van der Waals surface area contributed by atoms with Crippen molar-refractivity contribution in [2.24, 2.45) is 0 Å². The summed E-state index contributed by atoms with van der Waals surface area (Å²) >= 11 is 0. The molecule has 27 heavy (non-hydrogen) atoms. The summed E-state index contributed by atoms with van der Waals surface area (Å²) in [6, 6.07) is 14.0. The van der Waals surface area contributed by atoms with Crippen molar-refractivity contribution in [3.63, 3.8) is 0 Å². The number of benzene rings is 2. The summed E-state index contributed by atoms with van der Waals surface area (Å²) in [5.41, 5.74) is 1.48. The van der Waals surface area contributed by atoms with Gasteiger partial charge in [0, 0.05) is 18.8 Å². The SMILES string of the molecule is CNC1(C(C)=O)CN(c2ccc(-c3ccc(F)cc3)cc2)CCN1C(=O)O. The highest BCUT2D eigenvalue weighted by Crippen LogP contribution is 2.28. The number of hydrogen-bond donors (Lipinski definition) is 2. The van der Waals surface area contributed by atoms with Gasteiger partial charge in [-0.3, -0.25) is 15.0 Å².